The van der Waals surface area contributed by atoms with Gasteiger partial charge in [-0.1, -0.05) is 26.2 Å². The fraction of sp³-hybridized carbons (Fsp3) is 0.692. The Hall–Kier alpha value is -1.76. The Bertz CT molecular complexity index is 312. The average Bonchev–Trinajstić information content (AvgIpc) is 2.41. The third kappa shape index (κ3) is 11.3. The van der Waals surface area contributed by atoms with Crippen LogP contribution in [0.25, 0.3) is 0 Å². The number of carbonyl (C=O) groups excluding carboxylic acids is 1. The van der Waals surface area contributed by atoms with Gasteiger partial charge in [-0.2, -0.15) is 4.89 Å². The van der Waals surface area contributed by atoms with Gasteiger partial charge in [0, 0.05) is 0 Å². The summed E-state index contributed by atoms with van der Waals surface area (Å²) in [4.78, 5) is 31.0. The average molecular weight is 290 g/mol. The first-order valence-corrected chi connectivity index (χ1v) is 6.55. The molecule has 0 atom stereocenters. The van der Waals surface area contributed by atoms with E-state index in [0.29, 0.717) is 6.61 Å². The maximum Gasteiger partial charge on any atom is 0.505 e. The zero-order valence-electron chi connectivity index (χ0n) is 11.9. The molecule has 0 aromatic heterocycles. The third-order valence-electron chi connectivity index (χ3n) is 2.24. The lowest BCUT2D eigenvalue weighted by Gasteiger charge is -2.05. The molecule has 0 bridgehead atoms. The Kier molecular flexibility index (Phi) is 11.2. The molecule has 0 unspecified atom stereocenters. The summed E-state index contributed by atoms with van der Waals surface area (Å²) in [5.74, 6) is -0.617. The van der Waals surface area contributed by atoms with Gasteiger partial charge < -0.3 is 19.5 Å². The molecule has 0 heterocycles. The maximum absolute atomic E-state index is 11.4. The molecule has 0 aromatic rings. The topological polar surface area (TPSA) is 91.3 Å². The first-order chi connectivity index (χ1) is 9.57. The number of ether oxygens (including phenoxy) is 2. The zero-order valence-corrected chi connectivity index (χ0v) is 11.9. The predicted molar refractivity (Wildman–Crippen MR) is 69.9 cm³/mol. The molecule has 0 aliphatic rings. The zero-order chi connectivity index (χ0) is 15.2. The van der Waals surface area contributed by atoms with E-state index >= 15 is 0 Å². The van der Waals surface area contributed by atoms with Crippen LogP contribution in [0.15, 0.2) is 11.8 Å². The molecule has 0 aliphatic heterocycles. The summed E-state index contributed by atoms with van der Waals surface area (Å²) in [7, 11) is 0. The quantitative estimate of drug-likeness (QED) is 0.156. The SMILES string of the molecule is CCCCCCOOC=C(C)C(=O)OCCOC(=O)O. The molecule has 7 nitrogen and oxygen atoms in total. The van der Waals surface area contributed by atoms with Crippen LogP contribution < -0.4 is 0 Å². The second-order valence-electron chi connectivity index (χ2n) is 4.03. The summed E-state index contributed by atoms with van der Waals surface area (Å²) < 4.78 is 8.91. The molecule has 0 rings (SSSR count). The van der Waals surface area contributed by atoms with E-state index in [0.717, 1.165) is 31.9 Å². The third-order valence-corrected chi connectivity index (χ3v) is 2.24. The second kappa shape index (κ2) is 12.3. The van der Waals surface area contributed by atoms with Gasteiger partial charge in [-0.15, -0.1) is 0 Å². The van der Waals surface area contributed by atoms with Gasteiger partial charge in [0.25, 0.3) is 0 Å². The minimum Gasteiger partial charge on any atom is -0.459 e. The van der Waals surface area contributed by atoms with Crippen molar-refractivity contribution in [2.45, 2.75) is 39.5 Å². The Morgan fingerprint density at radius 2 is 1.75 bits per heavy atom. The highest BCUT2D eigenvalue weighted by Crippen LogP contribution is 2.01. The highest BCUT2D eigenvalue weighted by molar-refractivity contribution is 5.87. The normalized spacial score (nSPS) is 11.0. The lowest BCUT2D eigenvalue weighted by atomic mass is 10.2. The highest BCUT2D eigenvalue weighted by Gasteiger charge is 2.07. The first kappa shape index (κ1) is 18.2. The van der Waals surface area contributed by atoms with Crippen molar-refractivity contribution >= 4 is 12.1 Å². The number of carboxylic acid groups (broad SMARTS) is 1. The van der Waals surface area contributed by atoms with Crippen LogP contribution in [0.2, 0.25) is 0 Å². The van der Waals surface area contributed by atoms with Crippen LogP contribution in [0.1, 0.15) is 39.5 Å². The fourth-order valence-corrected chi connectivity index (χ4v) is 1.17. The Morgan fingerprint density at radius 3 is 2.40 bits per heavy atom. The molecule has 0 saturated carbocycles. The summed E-state index contributed by atoms with van der Waals surface area (Å²) in [6, 6.07) is 0. The fourth-order valence-electron chi connectivity index (χ4n) is 1.17. The van der Waals surface area contributed by atoms with Gasteiger partial charge in [0.15, 0.2) is 0 Å². The Morgan fingerprint density at radius 1 is 1.05 bits per heavy atom. The number of hydrogen-bond acceptors (Lipinski definition) is 6. The van der Waals surface area contributed by atoms with Crippen LogP contribution in [0, 0.1) is 0 Å². The lowest BCUT2D eigenvalue weighted by molar-refractivity contribution is -0.249. The number of carbonyl (C=O) groups is 2. The molecule has 0 aliphatic carbocycles. The first-order valence-electron chi connectivity index (χ1n) is 6.55. The van der Waals surface area contributed by atoms with E-state index < -0.39 is 12.1 Å². The van der Waals surface area contributed by atoms with Crippen molar-refractivity contribution in [2.75, 3.05) is 19.8 Å². The molecule has 7 heteroatoms. The van der Waals surface area contributed by atoms with Crippen molar-refractivity contribution in [3.63, 3.8) is 0 Å². The van der Waals surface area contributed by atoms with Crippen molar-refractivity contribution in [2.24, 2.45) is 0 Å². The molecule has 0 aromatic carbocycles. The van der Waals surface area contributed by atoms with Crippen LogP contribution in [0.5, 0.6) is 0 Å². The predicted octanol–water partition coefficient (Wildman–Crippen LogP) is 2.66. The van der Waals surface area contributed by atoms with Gasteiger partial charge in [-0.05, 0) is 13.3 Å². The van der Waals surface area contributed by atoms with E-state index in [1.165, 1.54) is 6.92 Å². The van der Waals surface area contributed by atoms with Gasteiger partial charge in [-0.3, -0.25) is 0 Å². The van der Waals surface area contributed by atoms with Gasteiger partial charge >= 0.3 is 12.1 Å². The minimum absolute atomic E-state index is 0.145. The van der Waals surface area contributed by atoms with E-state index in [2.05, 4.69) is 11.7 Å². The van der Waals surface area contributed by atoms with E-state index in [9.17, 15) is 9.59 Å². The molecule has 1 N–H and O–H groups in total. The van der Waals surface area contributed by atoms with Crippen molar-refractivity contribution < 1.29 is 33.9 Å². The maximum atomic E-state index is 11.4. The second-order valence-corrected chi connectivity index (χ2v) is 4.03. The lowest BCUT2D eigenvalue weighted by Crippen LogP contribution is -2.13. The van der Waals surface area contributed by atoms with Crippen LogP contribution >= 0.6 is 0 Å². The van der Waals surface area contributed by atoms with Gasteiger partial charge in [0.1, 0.15) is 19.5 Å². The molecule has 0 saturated heterocycles. The van der Waals surface area contributed by atoms with Crippen molar-refractivity contribution in [1.29, 1.82) is 0 Å². The minimum atomic E-state index is -1.41. The smallest absolute Gasteiger partial charge is 0.459 e. The number of rotatable bonds is 11. The van der Waals surface area contributed by atoms with Crippen LogP contribution in [-0.2, 0) is 24.0 Å². The molecule has 116 valence electrons. The molecule has 0 amide bonds. The van der Waals surface area contributed by atoms with Crippen molar-refractivity contribution in [3.8, 4) is 0 Å². The summed E-state index contributed by atoms with van der Waals surface area (Å²) in [5.41, 5.74) is 0.217. The number of unbranched alkanes of at least 4 members (excludes halogenated alkanes) is 3. The van der Waals surface area contributed by atoms with E-state index in [-0.39, 0.29) is 18.8 Å². The van der Waals surface area contributed by atoms with Crippen molar-refractivity contribution in [3.05, 3.63) is 11.8 Å². The summed E-state index contributed by atoms with van der Waals surface area (Å²) in [5, 5.41) is 8.20. The van der Waals surface area contributed by atoms with Crippen LogP contribution in [0.4, 0.5) is 4.79 Å². The van der Waals surface area contributed by atoms with Gasteiger partial charge in [-0.25, -0.2) is 9.59 Å². The van der Waals surface area contributed by atoms with E-state index in [1.807, 2.05) is 0 Å². The largest absolute Gasteiger partial charge is 0.505 e. The van der Waals surface area contributed by atoms with E-state index in [1.54, 1.807) is 0 Å². The van der Waals surface area contributed by atoms with Gasteiger partial charge in [0.05, 0.1) is 12.2 Å². The number of hydrogen-bond donors (Lipinski definition) is 1. The van der Waals surface area contributed by atoms with Crippen molar-refractivity contribution in [1.82, 2.24) is 0 Å². The summed E-state index contributed by atoms with van der Waals surface area (Å²) in [6.07, 6.45) is 4.03. The highest BCUT2D eigenvalue weighted by atomic mass is 17.2. The molecule has 0 fully saturated rings. The molecule has 0 spiro atoms. The summed E-state index contributed by atoms with van der Waals surface area (Å²) in [6.45, 7) is 3.74. The van der Waals surface area contributed by atoms with E-state index in [4.69, 9.17) is 19.6 Å². The monoisotopic (exact) mass is 290 g/mol. The van der Waals surface area contributed by atoms with Gasteiger partial charge in [0.2, 0.25) is 0 Å². The standard InChI is InChI=1S/C13H22O7/c1-3-4-5-6-7-19-20-10-11(2)12(14)17-8-9-18-13(15)16/h10H,3-9H2,1-2H3,(H,15,16). The van der Waals surface area contributed by atoms with Crippen LogP contribution in [-0.4, -0.2) is 37.1 Å². The molecular weight excluding hydrogens is 268 g/mol. The number of esters is 1. The Balaban J connectivity index is 3.61. The van der Waals surface area contributed by atoms with Crippen LogP contribution in [0.3, 0.4) is 0 Å². The molecular formula is C13H22O7. The summed E-state index contributed by atoms with van der Waals surface area (Å²) >= 11 is 0. The Labute approximate surface area is 118 Å². The molecule has 20 heavy (non-hydrogen) atoms. The molecule has 0 radical (unpaired) electrons.